The Kier molecular flexibility index (Phi) is 4.43. The van der Waals surface area contributed by atoms with Crippen LogP contribution in [0.5, 0.6) is 0 Å². The van der Waals surface area contributed by atoms with E-state index in [1.165, 1.54) is 12.3 Å². The largest absolute Gasteiger partial charge is 0.385 e. The molecule has 24 heavy (non-hydrogen) atoms. The number of benzene rings is 1. The van der Waals surface area contributed by atoms with Crippen LogP contribution in [0.4, 0.5) is 11.5 Å². The van der Waals surface area contributed by atoms with Gasteiger partial charge in [-0.25, -0.2) is 4.98 Å². The van der Waals surface area contributed by atoms with E-state index in [9.17, 15) is 15.2 Å². The summed E-state index contributed by atoms with van der Waals surface area (Å²) in [7, 11) is 0. The van der Waals surface area contributed by atoms with Crippen molar-refractivity contribution in [2.75, 3.05) is 18.0 Å². The molecule has 7 heteroatoms. The number of pyridine rings is 1. The lowest BCUT2D eigenvalue weighted by Gasteiger charge is -2.39. The average Bonchev–Trinajstić information content (AvgIpc) is 2.56. The molecule has 3 rings (SSSR count). The summed E-state index contributed by atoms with van der Waals surface area (Å²) in [6.07, 6.45) is 2.32. The van der Waals surface area contributed by atoms with Gasteiger partial charge in [0.15, 0.2) is 0 Å². The van der Waals surface area contributed by atoms with Gasteiger partial charge in [-0.3, -0.25) is 10.1 Å². The van der Waals surface area contributed by atoms with Crippen LogP contribution in [0.15, 0.2) is 36.5 Å². The summed E-state index contributed by atoms with van der Waals surface area (Å²) in [6.45, 7) is 3.02. The van der Waals surface area contributed by atoms with Gasteiger partial charge in [-0.15, -0.1) is 0 Å². The Morgan fingerprint density at radius 3 is 2.58 bits per heavy atom. The number of anilines is 1. The highest BCUT2D eigenvalue weighted by molar-refractivity contribution is 6.31. The Balaban J connectivity index is 1.78. The lowest BCUT2D eigenvalue weighted by molar-refractivity contribution is -0.385. The molecule has 1 aromatic carbocycles. The molecule has 1 aliphatic rings. The first-order valence-corrected chi connectivity index (χ1v) is 8.12. The standard InChI is InChI=1S/C17H18ClN3O3/c1-12-10-13(21(23)24)11-19-16(12)20-8-6-17(22,7-9-20)14-4-2-3-5-15(14)18/h2-5,10-11,22H,6-9H2,1H3. The van der Waals surface area contributed by atoms with E-state index < -0.39 is 10.5 Å². The second-order valence-electron chi connectivity index (χ2n) is 6.09. The van der Waals surface area contributed by atoms with Crippen molar-refractivity contribution in [3.05, 3.63) is 62.8 Å². The predicted molar refractivity (Wildman–Crippen MR) is 92.4 cm³/mol. The molecule has 0 aliphatic carbocycles. The van der Waals surface area contributed by atoms with Gasteiger partial charge in [-0.05, 0) is 31.4 Å². The van der Waals surface area contributed by atoms with Gasteiger partial charge in [-0.2, -0.15) is 0 Å². The summed E-state index contributed by atoms with van der Waals surface area (Å²) in [4.78, 5) is 16.7. The Morgan fingerprint density at radius 1 is 1.33 bits per heavy atom. The summed E-state index contributed by atoms with van der Waals surface area (Å²) in [5, 5.41) is 22.3. The minimum atomic E-state index is -0.955. The van der Waals surface area contributed by atoms with Crippen molar-refractivity contribution in [1.82, 2.24) is 4.98 Å². The molecule has 0 atom stereocenters. The molecule has 0 spiro atoms. The van der Waals surface area contributed by atoms with Gasteiger partial charge in [0.25, 0.3) is 5.69 Å². The number of aryl methyl sites for hydroxylation is 1. The normalized spacial score (nSPS) is 16.9. The molecule has 126 valence electrons. The minimum absolute atomic E-state index is 0.0131. The summed E-state index contributed by atoms with van der Waals surface area (Å²) < 4.78 is 0. The van der Waals surface area contributed by atoms with Gasteiger partial charge >= 0.3 is 0 Å². The zero-order valence-corrected chi connectivity index (χ0v) is 14.0. The predicted octanol–water partition coefficient (Wildman–Crippen LogP) is 3.44. The summed E-state index contributed by atoms with van der Waals surface area (Å²) in [5.74, 6) is 0.724. The third-order valence-electron chi connectivity index (χ3n) is 4.51. The topological polar surface area (TPSA) is 79.5 Å². The fourth-order valence-corrected chi connectivity index (χ4v) is 3.49. The van der Waals surface area contributed by atoms with Crippen LogP contribution in [0.1, 0.15) is 24.0 Å². The molecule has 1 saturated heterocycles. The third-order valence-corrected chi connectivity index (χ3v) is 4.84. The van der Waals surface area contributed by atoms with Crippen LogP contribution in [-0.4, -0.2) is 28.1 Å². The van der Waals surface area contributed by atoms with E-state index in [1.807, 2.05) is 30.0 Å². The lowest BCUT2D eigenvalue weighted by Crippen LogP contribution is -2.43. The second-order valence-corrected chi connectivity index (χ2v) is 6.50. The molecule has 0 bridgehead atoms. The van der Waals surface area contributed by atoms with E-state index in [-0.39, 0.29) is 5.69 Å². The van der Waals surface area contributed by atoms with E-state index >= 15 is 0 Å². The first-order chi connectivity index (χ1) is 11.4. The smallest absolute Gasteiger partial charge is 0.287 e. The molecule has 6 nitrogen and oxygen atoms in total. The number of aromatic nitrogens is 1. The van der Waals surface area contributed by atoms with Gasteiger partial charge < -0.3 is 10.0 Å². The van der Waals surface area contributed by atoms with E-state index in [0.717, 1.165) is 16.9 Å². The maximum Gasteiger partial charge on any atom is 0.287 e. The molecule has 0 unspecified atom stereocenters. The van der Waals surface area contributed by atoms with E-state index in [2.05, 4.69) is 4.98 Å². The van der Waals surface area contributed by atoms with Crippen LogP contribution in [0, 0.1) is 17.0 Å². The van der Waals surface area contributed by atoms with Crippen molar-refractivity contribution in [3.63, 3.8) is 0 Å². The molecule has 0 saturated carbocycles. The Morgan fingerprint density at radius 2 is 2.00 bits per heavy atom. The van der Waals surface area contributed by atoms with Crippen molar-refractivity contribution in [3.8, 4) is 0 Å². The van der Waals surface area contributed by atoms with Crippen LogP contribution in [0.2, 0.25) is 5.02 Å². The highest BCUT2D eigenvalue weighted by atomic mass is 35.5. The van der Waals surface area contributed by atoms with Gasteiger partial charge in [0.05, 0.1) is 10.5 Å². The molecule has 0 radical (unpaired) electrons. The Labute approximate surface area is 144 Å². The lowest BCUT2D eigenvalue weighted by atomic mass is 9.84. The molecule has 2 aromatic rings. The van der Waals surface area contributed by atoms with Crippen molar-refractivity contribution < 1.29 is 10.0 Å². The fourth-order valence-electron chi connectivity index (χ4n) is 3.18. The molecule has 1 aromatic heterocycles. The van der Waals surface area contributed by atoms with Crippen LogP contribution in [0.25, 0.3) is 0 Å². The number of nitro groups is 1. The zero-order chi connectivity index (χ0) is 17.3. The highest BCUT2D eigenvalue weighted by Crippen LogP contribution is 2.38. The second kappa shape index (κ2) is 6.37. The number of hydrogen-bond donors (Lipinski definition) is 1. The number of aliphatic hydroxyl groups is 1. The monoisotopic (exact) mass is 347 g/mol. The van der Waals surface area contributed by atoms with Crippen LogP contribution in [-0.2, 0) is 5.60 Å². The van der Waals surface area contributed by atoms with Crippen molar-refractivity contribution in [2.45, 2.75) is 25.4 Å². The summed E-state index contributed by atoms with van der Waals surface area (Å²) in [5.41, 5.74) is 0.539. The molecular formula is C17H18ClN3O3. The molecule has 1 N–H and O–H groups in total. The molecule has 0 amide bonds. The van der Waals surface area contributed by atoms with Crippen molar-refractivity contribution in [1.29, 1.82) is 0 Å². The maximum atomic E-state index is 11.0. The van der Waals surface area contributed by atoms with Gasteiger partial charge in [-0.1, -0.05) is 29.8 Å². The Hall–Kier alpha value is -2.18. The number of hydrogen-bond acceptors (Lipinski definition) is 5. The van der Waals surface area contributed by atoms with E-state index in [0.29, 0.717) is 31.0 Å². The number of nitrogens with zero attached hydrogens (tertiary/aromatic N) is 3. The molecular weight excluding hydrogens is 330 g/mol. The van der Waals surface area contributed by atoms with Gasteiger partial charge in [0.2, 0.25) is 0 Å². The minimum Gasteiger partial charge on any atom is -0.385 e. The van der Waals surface area contributed by atoms with Crippen molar-refractivity contribution in [2.24, 2.45) is 0 Å². The van der Waals surface area contributed by atoms with Gasteiger partial charge in [0, 0.05) is 29.7 Å². The first-order valence-electron chi connectivity index (χ1n) is 7.74. The number of rotatable bonds is 3. The van der Waals surface area contributed by atoms with E-state index in [4.69, 9.17) is 11.6 Å². The molecule has 1 aliphatic heterocycles. The average molecular weight is 348 g/mol. The highest BCUT2D eigenvalue weighted by Gasteiger charge is 2.36. The maximum absolute atomic E-state index is 11.0. The zero-order valence-electron chi connectivity index (χ0n) is 13.3. The molecule has 2 heterocycles. The van der Waals surface area contributed by atoms with Crippen LogP contribution >= 0.6 is 11.6 Å². The van der Waals surface area contributed by atoms with Crippen LogP contribution in [0.3, 0.4) is 0 Å². The fraction of sp³-hybridized carbons (Fsp3) is 0.353. The Bertz CT molecular complexity index is 773. The third kappa shape index (κ3) is 3.07. The summed E-state index contributed by atoms with van der Waals surface area (Å²) in [6, 6.07) is 8.87. The number of halogens is 1. The van der Waals surface area contributed by atoms with Crippen LogP contribution < -0.4 is 4.90 Å². The van der Waals surface area contributed by atoms with Gasteiger partial charge in [0.1, 0.15) is 12.0 Å². The first kappa shape index (κ1) is 16.7. The SMILES string of the molecule is Cc1cc([N+](=O)[O-])cnc1N1CCC(O)(c2ccccc2Cl)CC1. The van der Waals surface area contributed by atoms with E-state index in [1.54, 1.807) is 6.07 Å². The number of piperidine rings is 1. The van der Waals surface area contributed by atoms with Crippen molar-refractivity contribution >= 4 is 23.1 Å². The molecule has 1 fully saturated rings. The quantitative estimate of drug-likeness (QED) is 0.679. The summed E-state index contributed by atoms with van der Waals surface area (Å²) >= 11 is 6.22.